The highest BCUT2D eigenvalue weighted by molar-refractivity contribution is 7.99. The Labute approximate surface area is 73.4 Å². The summed E-state index contributed by atoms with van der Waals surface area (Å²) in [6.45, 7) is 2.03. The summed E-state index contributed by atoms with van der Waals surface area (Å²) in [7, 11) is 0. The molecule has 0 aliphatic rings. The van der Waals surface area contributed by atoms with Gasteiger partial charge in [0.05, 0.1) is 4.90 Å². The molecule has 0 atom stereocenters. The average Bonchev–Trinajstić information content (AvgIpc) is 2.03. The second-order valence-corrected chi connectivity index (χ2v) is 3.42. The van der Waals surface area contributed by atoms with Crippen molar-refractivity contribution >= 4 is 11.8 Å². The first kappa shape index (κ1) is 9.12. The Morgan fingerprint density at radius 1 is 1.50 bits per heavy atom. The van der Waals surface area contributed by atoms with E-state index in [9.17, 15) is 9.59 Å². The Morgan fingerprint density at radius 3 is 2.83 bits per heavy atom. The molecule has 0 spiro atoms. The van der Waals surface area contributed by atoms with Crippen LogP contribution in [-0.4, -0.2) is 15.7 Å². The second-order valence-electron chi connectivity index (χ2n) is 2.28. The number of aromatic amines is 2. The molecule has 4 nitrogen and oxygen atoms in total. The highest BCUT2D eigenvalue weighted by Gasteiger charge is 1.98. The molecule has 0 saturated carbocycles. The zero-order chi connectivity index (χ0) is 8.97. The van der Waals surface area contributed by atoms with Crippen molar-refractivity contribution in [1.82, 2.24) is 9.97 Å². The zero-order valence-electron chi connectivity index (χ0n) is 6.72. The van der Waals surface area contributed by atoms with Gasteiger partial charge in [-0.15, -0.1) is 11.8 Å². The van der Waals surface area contributed by atoms with Crippen LogP contribution in [0.15, 0.2) is 20.7 Å². The Morgan fingerprint density at radius 2 is 2.25 bits per heavy atom. The van der Waals surface area contributed by atoms with Crippen LogP contribution < -0.4 is 11.2 Å². The predicted octanol–water partition coefficient (Wildman–Crippen LogP) is 0.565. The van der Waals surface area contributed by atoms with E-state index in [1.807, 2.05) is 6.92 Å². The van der Waals surface area contributed by atoms with Gasteiger partial charge in [-0.3, -0.25) is 9.78 Å². The first-order valence-corrected chi connectivity index (χ1v) is 4.67. The van der Waals surface area contributed by atoms with Crippen LogP contribution in [-0.2, 0) is 0 Å². The summed E-state index contributed by atoms with van der Waals surface area (Å²) in [5, 5.41) is 0. The minimum atomic E-state index is -0.458. The molecule has 12 heavy (non-hydrogen) atoms. The number of hydrogen-bond donors (Lipinski definition) is 2. The van der Waals surface area contributed by atoms with Crippen molar-refractivity contribution in [2.24, 2.45) is 0 Å². The fourth-order valence-corrected chi connectivity index (χ4v) is 1.47. The van der Waals surface area contributed by atoms with Gasteiger partial charge in [-0.1, -0.05) is 6.92 Å². The first-order chi connectivity index (χ1) is 5.74. The quantitative estimate of drug-likeness (QED) is 0.678. The lowest BCUT2D eigenvalue weighted by atomic mass is 10.6. The zero-order valence-corrected chi connectivity index (χ0v) is 7.53. The van der Waals surface area contributed by atoms with Crippen LogP contribution in [0, 0.1) is 0 Å². The van der Waals surface area contributed by atoms with E-state index < -0.39 is 5.69 Å². The molecule has 1 rings (SSSR count). The molecule has 0 aliphatic carbocycles. The standard InChI is InChI=1S/C7H10N2O2S/c1-2-3-12-5-4-8-7(11)9-6(5)10/h4H,2-3H2,1H3,(H2,8,9,10,11). The van der Waals surface area contributed by atoms with Crippen LogP contribution in [0.4, 0.5) is 0 Å². The molecule has 1 aromatic rings. The molecular weight excluding hydrogens is 176 g/mol. The molecule has 66 valence electrons. The van der Waals surface area contributed by atoms with Crippen molar-refractivity contribution in [3.05, 3.63) is 27.0 Å². The number of aromatic nitrogens is 2. The normalized spacial score (nSPS) is 10.1. The van der Waals surface area contributed by atoms with E-state index in [-0.39, 0.29) is 5.56 Å². The monoisotopic (exact) mass is 186 g/mol. The van der Waals surface area contributed by atoms with Crippen LogP contribution in [0.1, 0.15) is 13.3 Å². The van der Waals surface area contributed by atoms with Crippen molar-refractivity contribution in [3.63, 3.8) is 0 Å². The van der Waals surface area contributed by atoms with Gasteiger partial charge in [0.2, 0.25) is 0 Å². The molecule has 0 radical (unpaired) electrons. The van der Waals surface area contributed by atoms with E-state index in [0.29, 0.717) is 4.90 Å². The van der Waals surface area contributed by atoms with E-state index >= 15 is 0 Å². The summed E-state index contributed by atoms with van der Waals surface area (Å²) in [4.78, 5) is 26.8. The topological polar surface area (TPSA) is 65.7 Å². The number of nitrogens with one attached hydrogen (secondary N) is 2. The maximum Gasteiger partial charge on any atom is 0.325 e. The molecule has 1 heterocycles. The summed E-state index contributed by atoms with van der Waals surface area (Å²) in [6, 6.07) is 0. The third kappa shape index (κ3) is 2.27. The van der Waals surface area contributed by atoms with Crippen molar-refractivity contribution < 1.29 is 0 Å². The van der Waals surface area contributed by atoms with Gasteiger partial charge in [0.15, 0.2) is 0 Å². The molecule has 0 unspecified atom stereocenters. The summed E-state index contributed by atoms with van der Waals surface area (Å²) >= 11 is 1.44. The second kappa shape index (κ2) is 4.15. The molecular formula is C7H10N2O2S. The Kier molecular flexibility index (Phi) is 3.16. The van der Waals surface area contributed by atoms with Gasteiger partial charge in [-0.25, -0.2) is 4.79 Å². The van der Waals surface area contributed by atoms with Crippen molar-refractivity contribution in [2.75, 3.05) is 5.75 Å². The van der Waals surface area contributed by atoms with E-state index in [2.05, 4.69) is 9.97 Å². The van der Waals surface area contributed by atoms with Gasteiger partial charge in [-0.05, 0) is 12.2 Å². The molecule has 5 heteroatoms. The third-order valence-electron chi connectivity index (χ3n) is 1.25. The molecule has 2 N–H and O–H groups in total. The van der Waals surface area contributed by atoms with Crippen LogP contribution in [0.3, 0.4) is 0 Å². The summed E-state index contributed by atoms with van der Waals surface area (Å²) < 4.78 is 0. The Hall–Kier alpha value is -0.970. The number of rotatable bonds is 3. The van der Waals surface area contributed by atoms with Gasteiger partial charge < -0.3 is 4.98 Å². The predicted molar refractivity (Wildman–Crippen MR) is 48.7 cm³/mol. The van der Waals surface area contributed by atoms with Gasteiger partial charge >= 0.3 is 5.69 Å². The number of H-pyrrole nitrogens is 2. The lowest BCUT2D eigenvalue weighted by molar-refractivity contribution is 0.974. The minimum absolute atomic E-state index is 0.308. The van der Waals surface area contributed by atoms with Crippen LogP contribution >= 0.6 is 11.8 Å². The molecule has 0 amide bonds. The fourth-order valence-electron chi connectivity index (χ4n) is 0.717. The lowest BCUT2D eigenvalue weighted by Crippen LogP contribution is -2.22. The van der Waals surface area contributed by atoms with Crippen LogP contribution in [0.2, 0.25) is 0 Å². The molecule has 0 saturated heterocycles. The van der Waals surface area contributed by atoms with Crippen molar-refractivity contribution in [3.8, 4) is 0 Å². The van der Waals surface area contributed by atoms with Crippen LogP contribution in [0.25, 0.3) is 0 Å². The molecule has 0 aromatic carbocycles. The largest absolute Gasteiger partial charge is 0.325 e. The highest BCUT2D eigenvalue weighted by Crippen LogP contribution is 2.10. The van der Waals surface area contributed by atoms with E-state index in [4.69, 9.17) is 0 Å². The SMILES string of the molecule is CCCSc1c[nH]c(=O)[nH]c1=O. The number of thioether (sulfide) groups is 1. The van der Waals surface area contributed by atoms with Gasteiger partial charge in [0.1, 0.15) is 0 Å². The fraction of sp³-hybridized carbons (Fsp3) is 0.429. The summed E-state index contributed by atoms with van der Waals surface area (Å²) in [5.74, 6) is 0.884. The molecule has 0 bridgehead atoms. The maximum atomic E-state index is 11.0. The highest BCUT2D eigenvalue weighted by atomic mass is 32.2. The lowest BCUT2D eigenvalue weighted by Gasteiger charge is -1.95. The third-order valence-corrected chi connectivity index (χ3v) is 2.47. The van der Waals surface area contributed by atoms with Crippen LogP contribution in [0.5, 0.6) is 0 Å². The first-order valence-electron chi connectivity index (χ1n) is 3.69. The smallest absolute Gasteiger partial charge is 0.313 e. The number of hydrogen-bond acceptors (Lipinski definition) is 3. The minimum Gasteiger partial charge on any atom is -0.313 e. The van der Waals surface area contributed by atoms with Gasteiger partial charge in [-0.2, -0.15) is 0 Å². The van der Waals surface area contributed by atoms with E-state index in [1.165, 1.54) is 18.0 Å². The van der Waals surface area contributed by atoms with Gasteiger partial charge in [0.25, 0.3) is 5.56 Å². The maximum absolute atomic E-state index is 11.0. The summed E-state index contributed by atoms with van der Waals surface area (Å²) in [6.07, 6.45) is 2.45. The van der Waals surface area contributed by atoms with Gasteiger partial charge in [0, 0.05) is 6.20 Å². The average molecular weight is 186 g/mol. The molecule has 0 aliphatic heterocycles. The van der Waals surface area contributed by atoms with E-state index in [0.717, 1.165) is 12.2 Å². The Bertz CT molecular complexity index is 355. The van der Waals surface area contributed by atoms with E-state index in [1.54, 1.807) is 0 Å². The van der Waals surface area contributed by atoms with Crippen molar-refractivity contribution in [1.29, 1.82) is 0 Å². The summed E-state index contributed by atoms with van der Waals surface area (Å²) in [5.41, 5.74) is -0.766. The molecule has 1 aromatic heterocycles. The van der Waals surface area contributed by atoms with Crippen molar-refractivity contribution in [2.45, 2.75) is 18.2 Å². The molecule has 0 fully saturated rings. The Balaban J connectivity index is 2.87.